The maximum atomic E-state index is 10.6. The molecule has 0 saturated carbocycles. The lowest BCUT2D eigenvalue weighted by molar-refractivity contribution is -0.383. The van der Waals surface area contributed by atoms with E-state index in [2.05, 4.69) is 12.2 Å². The molecule has 0 aromatic heterocycles. The smallest absolute Gasteiger partial charge is 0.292 e. The van der Waals surface area contributed by atoms with Crippen LogP contribution in [0.5, 0.6) is 0 Å². The number of unbranched alkanes of at least 4 members (excludes halogenated alkanes) is 5. The van der Waals surface area contributed by atoms with Crippen molar-refractivity contribution in [3.63, 3.8) is 0 Å². The number of hydrogen-bond acceptors (Lipinski definition) is 4. The fourth-order valence-electron chi connectivity index (χ4n) is 1.97. The highest BCUT2D eigenvalue weighted by molar-refractivity contribution is 5.65. The molecule has 0 aliphatic carbocycles. The highest BCUT2D eigenvalue weighted by Crippen LogP contribution is 2.24. The predicted molar refractivity (Wildman–Crippen MR) is 79.4 cm³/mol. The first-order valence-electron chi connectivity index (χ1n) is 6.93. The van der Waals surface area contributed by atoms with E-state index >= 15 is 0 Å². The molecular formula is C14H23N3O2. The summed E-state index contributed by atoms with van der Waals surface area (Å²) in [5.74, 6) is 0. The van der Waals surface area contributed by atoms with Gasteiger partial charge < -0.3 is 11.1 Å². The molecule has 0 atom stereocenters. The number of rotatable bonds is 9. The lowest BCUT2D eigenvalue weighted by Crippen LogP contribution is -2.03. The number of nitro groups is 1. The minimum atomic E-state index is -0.465. The van der Waals surface area contributed by atoms with Gasteiger partial charge >= 0.3 is 0 Å². The van der Waals surface area contributed by atoms with Crippen molar-refractivity contribution < 1.29 is 4.92 Å². The summed E-state index contributed by atoms with van der Waals surface area (Å²) in [7, 11) is 0. The fourth-order valence-corrected chi connectivity index (χ4v) is 1.97. The molecule has 0 radical (unpaired) electrons. The van der Waals surface area contributed by atoms with Gasteiger partial charge in [0.1, 0.15) is 5.69 Å². The van der Waals surface area contributed by atoms with Gasteiger partial charge in [0.2, 0.25) is 0 Å². The van der Waals surface area contributed by atoms with E-state index in [9.17, 15) is 10.1 Å². The third-order valence-electron chi connectivity index (χ3n) is 3.08. The first kappa shape index (κ1) is 15.3. The zero-order valence-corrected chi connectivity index (χ0v) is 11.5. The number of nitrogens with zero attached hydrogens (tertiary/aromatic N) is 1. The summed E-state index contributed by atoms with van der Waals surface area (Å²) in [6, 6.07) is 4.76. The molecule has 0 aliphatic heterocycles. The monoisotopic (exact) mass is 265 g/mol. The van der Waals surface area contributed by atoms with Crippen LogP contribution in [-0.4, -0.2) is 11.5 Å². The van der Waals surface area contributed by atoms with Crippen LogP contribution in [0.4, 0.5) is 17.1 Å². The summed E-state index contributed by atoms with van der Waals surface area (Å²) in [5, 5.41) is 13.9. The molecule has 1 aromatic carbocycles. The Morgan fingerprint density at radius 1 is 1.21 bits per heavy atom. The van der Waals surface area contributed by atoms with Gasteiger partial charge in [-0.05, 0) is 18.6 Å². The van der Waals surface area contributed by atoms with Crippen LogP contribution in [-0.2, 0) is 0 Å². The lowest BCUT2D eigenvalue weighted by Gasteiger charge is -2.07. The van der Waals surface area contributed by atoms with Crippen molar-refractivity contribution in [2.24, 2.45) is 0 Å². The van der Waals surface area contributed by atoms with Crippen molar-refractivity contribution >= 4 is 17.1 Å². The Bertz CT molecular complexity index is 408. The van der Waals surface area contributed by atoms with Crippen LogP contribution in [0.3, 0.4) is 0 Å². The molecule has 1 aromatic rings. The van der Waals surface area contributed by atoms with E-state index in [0.717, 1.165) is 18.7 Å². The lowest BCUT2D eigenvalue weighted by atomic mass is 10.1. The molecule has 5 heteroatoms. The minimum Gasteiger partial charge on any atom is -0.393 e. The number of nitro benzene ring substituents is 1. The molecule has 0 heterocycles. The maximum Gasteiger partial charge on any atom is 0.292 e. The average Bonchev–Trinajstić information content (AvgIpc) is 2.37. The molecule has 0 spiro atoms. The zero-order chi connectivity index (χ0) is 14.1. The number of nitrogen functional groups attached to an aromatic ring is 1. The molecule has 0 fully saturated rings. The summed E-state index contributed by atoms with van der Waals surface area (Å²) in [6.07, 6.45) is 7.49. The van der Waals surface area contributed by atoms with Crippen molar-refractivity contribution in [1.29, 1.82) is 0 Å². The Hall–Kier alpha value is -1.78. The van der Waals surface area contributed by atoms with Gasteiger partial charge in [-0.15, -0.1) is 0 Å². The van der Waals surface area contributed by atoms with Crippen LogP contribution < -0.4 is 11.1 Å². The third-order valence-corrected chi connectivity index (χ3v) is 3.08. The van der Waals surface area contributed by atoms with E-state index < -0.39 is 4.92 Å². The summed E-state index contributed by atoms with van der Waals surface area (Å²) < 4.78 is 0. The molecular weight excluding hydrogens is 242 g/mol. The van der Waals surface area contributed by atoms with Gasteiger partial charge in [-0.25, -0.2) is 0 Å². The van der Waals surface area contributed by atoms with Crippen molar-refractivity contribution in [3.8, 4) is 0 Å². The van der Waals surface area contributed by atoms with Crippen molar-refractivity contribution in [2.75, 3.05) is 17.6 Å². The quantitative estimate of drug-likeness (QED) is 0.306. The molecule has 106 valence electrons. The van der Waals surface area contributed by atoms with Crippen molar-refractivity contribution in [1.82, 2.24) is 0 Å². The van der Waals surface area contributed by atoms with Gasteiger partial charge in [0.15, 0.2) is 0 Å². The molecule has 0 bridgehead atoms. The van der Waals surface area contributed by atoms with Gasteiger partial charge in [0, 0.05) is 18.3 Å². The number of benzene rings is 1. The van der Waals surface area contributed by atoms with Crippen LogP contribution in [0.2, 0.25) is 0 Å². The molecule has 0 saturated heterocycles. The van der Waals surface area contributed by atoms with Crippen LogP contribution in [0.15, 0.2) is 18.2 Å². The molecule has 1 rings (SSSR count). The van der Waals surface area contributed by atoms with E-state index in [4.69, 9.17) is 5.73 Å². The molecule has 19 heavy (non-hydrogen) atoms. The number of hydrogen-bond donors (Lipinski definition) is 2. The molecule has 5 nitrogen and oxygen atoms in total. The van der Waals surface area contributed by atoms with Gasteiger partial charge in [0.05, 0.1) is 4.92 Å². The normalized spacial score (nSPS) is 10.4. The summed E-state index contributed by atoms with van der Waals surface area (Å²) in [4.78, 5) is 10.2. The maximum absolute atomic E-state index is 10.6. The van der Waals surface area contributed by atoms with Crippen LogP contribution in [0.25, 0.3) is 0 Å². The molecule has 0 unspecified atom stereocenters. The zero-order valence-electron chi connectivity index (χ0n) is 11.5. The predicted octanol–water partition coefficient (Wildman–Crippen LogP) is 3.95. The first-order chi connectivity index (χ1) is 9.15. The Morgan fingerprint density at radius 2 is 1.89 bits per heavy atom. The van der Waals surface area contributed by atoms with Crippen LogP contribution in [0.1, 0.15) is 45.4 Å². The molecule has 0 aliphatic rings. The number of nitrogens with two attached hydrogens (primary N) is 1. The van der Waals surface area contributed by atoms with E-state index in [1.54, 1.807) is 12.1 Å². The molecule has 0 amide bonds. The summed E-state index contributed by atoms with van der Waals surface area (Å²) in [5.41, 5.74) is 6.64. The standard InChI is InChI=1S/C14H23N3O2/c1-2-3-4-5-6-7-10-16-12-8-9-14(17(18)19)13(15)11-12/h8-9,11,16H,2-7,10,15H2,1H3. The first-order valence-corrected chi connectivity index (χ1v) is 6.93. The Kier molecular flexibility index (Phi) is 6.71. The highest BCUT2D eigenvalue weighted by Gasteiger charge is 2.10. The Labute approximate surface area is 114 Å². The summed E-state index contributed by atoms with van der Waals surface area (Å²) >= 11 is 0. The van der Waals surface area contributed by atoms with E-state index in [0.29, 0.717) is 0 Å². The second kappa shape index (κ2) is 8.34. The Balaban J connectivity index is 2.26. The number of nitrogens with one attached hydrogen (secondary N) is 1. The van der Waals surface area contributed by atoms with Gasteiger partial charge in [-0.3, -0.25) is 10.1 Å². The minimum absolute atomic E-state index is 0.0369. The topological polar surface area (TPSA) is 81.2 Å². The number of anilines is 2. The van der Waals surface area contributed by atoms with Crippen molar-refractivity contribution in [2.45, 2.75) is 45.4 Å². The van der Waals surface area contributed by atoms with Gasteiger partial charge in [-0.1, -0.05) is 39.0 Å². The van der Waals surface area contributed by atoms with Crippen molar-refractivity contribution in [3.05, 3.63) is 28.3 Å². The average molecular weight is 265 g/mol. The van der Waals surface area contributed by atoms with Gasteiger partial charge in [-0.2, -0.15) is 0 Å². The second-order valence-electron chi connectivity index (χ2n) is 4.73. The fraction of sp³-hybridized carbons (Fsp3) is 0.571. The SMILES string of the molecule is CCCCCCCCNc1ccc([N+](=O)[O-])c(N)c1. The largest absolute Gasteiger partial charge is 0.393 e. The second-order valence-corrected chi connectivity index (χ2v) is 4.73. The highest BCUT2D eigenvalue weighted by atomic mass is 16.6. The van der Waals surface area contributed by atoms with E-state index in [1.807, 2.05) is 0 Å². The van der Waals surface area contributed by atoms with Crippen LogP contribution in [0, 0.1) is 10.1 Å². The van der Waals surface area contributed by atoms with E-state index in [-0.39, 0.29) is 11.4 Å². The van der Waals surface area contributed by atoms with Gasteiger partial charge in [0.25, 0.3) is 5.69 Å². The van der Waals surface area contributed by atoms with Crippen LogP contribution >= 0.6 is 0 Å². The summed E-state index contributed by atoms with van der Waals surface area (Å²) in [6.45, 7) is 3.09. The molecule has 3 N–H and O–H groups in total. The Morgan fingerprint density at radius 3 is 2.53 bits per heavy atom. The van der Waals surface area contributed by atoms with E-state index in [1.165, 1.54) is 38.2 Å². The third kappa shape index (κ3) is 5.59.